The number of hydrogen-bond donors (Lipinski definition) is 0. The molecule has 0 N–H and O–H groups in total. The Bertz CT molecular complexity index is 454. The lowest BCUT2D eigenvalue weighted by molar-refractivity contribution is -0.144. The van der Waals surface area contributed by atoms with Crippen LogP contribution in [0.3, 0.4) is 0 Å². The summed E-state index contributed by atoms with van der Waals surface area (Å²) in [4.78, 5) is 23.0. The molecule has 0 amide bonds. The van der Waals surface area contributed by atoms with Gasteiger partial charge in [0.1, 0.15) is 5.75 Å². The Kier molecular flexibility index (Phi) is 8.17. The SMILES string of the molecule is CCCCOC(=O)CCCC(=O)Oc1cccc(CC)c1. The molecule has 1 rings (SSSR count). The van der Waals surface area contributed by atoms with Crippen LogP contribution in [0.25, 0.3) is 0 Å². The Morgan fingerprint density at radius 1 is 1.05 bits per heavy atom. The lowest BCUT2D eigenvalue weighted by Crippen LogP contribution is -2.10. The molecule has 0 unspecified atom stereocenters. The first-order valence-corrected chi connectivity index (χ1v) is 7.61. The van der Waals surface area contributed by atoms with Crippen LogP contribution in [-0.4, -0.2) is 18.5 Å². The summed E-state index contributed by atoms with van der Waals surface area (Å²) >= 11 is 0. The molecule has 116 valence electrons. The van der Waals surface area contributed by atoms with Gasteiger partial charge in [-0.15, -0.1) is 0 Å². The zero-order valence-corrected chi connectivity index (χ0v) is 12.9. The van der Waals surface area contributed by atoms with Gasteiger partial charge in [0.2, 0.25) is 0 Å². The highest BCUT2D eigenvalue weighted by atomic mass is 16.5. The predicted octanol–water partition coefficient (Wildman–Crippen LogP) is 3.67. The summed E-state index contributed by atoms with van der Waals surface area (Å²) in [5, 5.41) is 0. The summed E-state index contributed by atoms with van der Waals surface area (Å²) in [7, 11) is 0. The van der Waals surface area contributed by atoms with E-state index in [2.05, 4.69) is 0 Å². The fourth-order valence-corrected chi connectivity index (χ4v) is 1.79. The molecular weight excluding hydrogens is 268 g/mol. The van der Waals surface area contributed by atoms with E-state index in [9.17, 15) is 9.59 Å². The largest absolute Gasteiger partial charge is 0.466 e. The van der Waals surface area contributed by atoms with E-state index in [-0.39, 0.29) is 24.8 Å². The van der Waals surface area contributed by atoms with Crippen LogP contribution in [0.15, 0.2) is 24.3 Å². The molecule has 0 radical (unpaired) electrons. The summed E-state index contributed by atoms with van der Waals surface area (Å²) in [6, 6.07) is 7.48. The number of unbranched alkanes of at least 4 members (excludes halogenated alkanes) is 1. The van der Waals surface area contributed by atoms with Crippen LogP contribution < -0.4 is 4.74 Å². The average Bonchev–Trinajstić information content (AvgIpc) is 2.47. The molecule has 0 fully saturated rings. The van der Waals surface area contributed by atoms with Crippen LogP contribution in [0.1, 0.15) is 51.5 Å². The number of esters is 2. The van der Waals surface area contributed by atoms with Crippen molar-refractivity contribution in [2.75, 3.05) is 6.61 Å². The van der Waals surface area contributed by atoms with Crippen molar-refractivity contribution in [1.29, 1.82) is 0 Å². The molecule has 1 aromatic rings. The molecule has 0 atom stereocenters. The fraction of sp³-hybridized carbons (Fsp3) is 0.529. The van der Waals surface area contributed by atoms with E-state index in [1.165, 1.54) is 0 Å². The van der Waals surface area contributed by atoms with Gasteiger partial charge in [-0.25, -0.2) is 0 Å². The molecule has 0 aliphatic heterocycles. The third-order valence-corrected chi connectivity index (χ3v) is 3.06. The number of aryl methyl sites for hydroxylation is 1. The van der Waals surface area contributed by atoms with Gasteiger partial charge >= 0.3 is 11.9 Å². The van der Waals surface area contributed by atoms with Crippen LogP contribution in [0, 0.1) is 0 Å². The summed E-state index contributed by atoms with van der Waals surface area (Å²) in [5.74, 6) is -0.00119. The third kappa shape index (κ3) is 7.49. The van der Waals surface area contributed by atoms with E-state index in [4.69, 9.17) is 9.47 Å². The third-order valence-electron chi connectivity index (χ3n) is 3.06. The average molecular weight is 292 g/mol. The molecule has 0 heterocycles. The second-order valence-corrected chi connectivity index (χ2v) is 4.90. The number of ether oxygens (including phenoxy) is 2. The molecule has 4 nitrogen and oxygen atoms in total. The maximum absolute atomic E-state index is 11.7. The Morgan fingerprint density at radius 3 is 2.52 bits per heavy atom. The second kappa shape index (κ2) is 9.97. The molecule has 21 heavy (non-hydrogen) atoms. The van der Waals surface area contributed by atoms with Crippen molar-refractivity contribution in [2.45, 2.75) is 52.4 Å². The van der Waals surface area contributed by atoms with Crippen LogP contribution in [0.5, 0.6) is 5.75 Å². The van der Waals surface area contributed by atoms with Crippen molar-refractivity contribution in [1.82, 2.24) is 0 Å². The quantitative estimate of drug-likeness (QED) is 0.396. The molecule has 0 aliphatic rings. The first kappa shape index (κ1) is 17.2. The van der Waals surface area contributed by atoms with Crippen LogP contribution in [0.4, 0.5) is 0 Å². The maximum atomic E-state index is 11.7. The van der Waals surface area contributed by atoms with Crippen LogP contribution >= 0.6 is 0 Å². The van der Waals surface area contributed by atoms with E-state index in [1.807, 2.05) is 32.0 Å². The van der Waals surface area contributed by atoms with E-state index in [0.717, 1.165) is 24.8 Å². The van der Waals surface area contributed by atoms with Crippen LogP contribution in [0.2, 0.25) is 0 Å². The molecule has 0 spiro atoms. The van der Waals surface area contributed by atoms with E-state index in [1.54, 1.807) is 6.07 Å². The Hall–Kier alpha value is -1.84. The number of rotatable bonds is 9. The number of hydrogen-bond acceptors (Lipinski definition) is 4. The van der Waals surface area contributed by atoms with Gasteiger partial charge < -0.3 is 9.47 Å². The Balaban J connectivity index is 2.23. The fourth-order valence-electron chi connectivity index (χ4n) is 1.79. The van der Waals surface area contributed by atoms with Gasteiger partial charge in [-0.1, -0.05) is 32.4 Å². The Labute approximate surface area is 126 Å². The highest BCUT2D eigenvalue weighted by Crippen LogP contribution is 2.14. The monoisotopic (exact) mass is 292 g/mol. The minimum absolute atomic E-state index is 0.221. The van der Waals surface area contributed by atoms with Gasteiger partial charge in [0, 0.05) is 12.8 Å². The van der Waals surface area contributed by atoms with E-state index < -0.39 is 0 Å². The normalized spacial score (nSPS) is 10.2. The van der Waals surface area contributed by atoms with Crippen molar-refractivity contribution < 1.29 is 19.1 Å². The topological polar surface area (TPSA) is 52.6 Å². The number of carbonyl (C=O) groups is 2. The van der Waals surface area contributed by atoms with E-state index >= 15 is 0 Å². The minimum atomic E-state index is -0.315. The van der Waals surface area contributed by atoms with Crippen molar-refractivity contribution in [3.05, 3.63) is 29.8 Å². The molecule has 1 aromatic carbocycles. The lowest BCUT2D eigenvalue weighted by atomic mass is 10.2. The minimum Gasteiger partial charge on any atom is -0.466 e. The zero-order valence-electron chi connectivity index (χ0n) is 12.9. The van der Waals surface area contributed by atoms with Gasteiger partial charge in [0.05, 0.1) is 6.61 Å². The number of benzene rings is 1. The summed E-state index contributed by atoms with van der Waals surface area (Å²) in [6.45, 7) is 4.55. The van der Waals surface area contributed by atoms with Gasteiger partial charge in [-0.2, -0.15) is 0 Å². The molecule has 4 heteroatoms. The smallest absolute Gasteiger partial charge is 0.311 e. The Morgan fingerprint density at radius 2 is 1.81 bits per heavy atom. The molecule has 0 aliphatic carbocycles. The van der Waals surface area contributed by atoms with Gasteiger partial charge in [-0.05, 0) is 37.0 Å². The van der Waals surface area contributed by atoms with Gasteiger partial charge in [-0.3, -0.25) is 9.59 Å². The van der Waals surface area contributed by atoms with Crippen LogP contribution in [-0.2, 0) is 20.7 Å². The number of carbonyl (C=O) groups excluding carboxylic acids is 2. The van der Waals surface area contributed by atoms with Gasteiger partial charge in [0.15, 0.2) is 0 Å². The summed E-state index contributed by atoms with van der Waals surface area (Å²) in [5.41, 5.74) is 1.12. The molecular formula is C17H24O4. The standard InChI is InChI=1S/C17H24O4/c1-3-5-12-20-16(18)10-7-11-17(19)21-15-9-6-8-14(4-2)13-15/h6,8-9,13H,3-5,7,10-12H2,1-2H3. The van der Waals surface area contributed by atoms with Crippen molar-refractivity contribution in [3.8, 4) is 5.75 Å². The van der Waals surface area contributed by atoms with Crippen molar-refractivity contribution in [3.63, 3.8) is 0 Å². The molecule has 0 saturated carbocycles. The second-order valence-electron chi connectivity index (χ2n) is 4.90. The lowest BCUT2D eigenvalue weighted by Gasteiger charge is -2.06. The van der Waals surface area contributed by atoms with Crippen molar-refractivity contribution in [2.24, 2.45) is 0 Å². The molecule has 0 saturated heterocycles. The highest BCUT2D eigenvalue weighted by molar-refractivity contribution is 5.74. The maximum Gasteiger partial charge on any atom is 0.311 e. The molecule has 0 aromatic heterocycles. The van der Waals surface area contributed by atoms with E-state index in [0.29, 0.717) is 18.8 Å². The molecule has 0 bridgehead atoms. The first-order chi connectivity index (χ1) is 10.2. The summed E-state index contributed by atoms with van der Waals surface area (Å²) in [6.07, 6.45) is 3.71. The first-order valence-electron chi connectivity index (χ1n) is 7.61. The highest BCUT2D eigenvalue weighted by Gasteiger charge is 2.08. The summed E-state index contributed by atoms with van der Waals surface area (Å²) < 4.78 is 10.3. The van der Waals surface area contributed by atoms with Gasteiger partial charge in [0.25, 0.3) is 0 Å². The van der Waals surface area contributed by atoms with Crippen molar-refractivity contribution >= 4 is 11.9 Å². The predicted molar refractivity (Wildman–Crippen MR) is 81.2 cm³/mol. The zero-order chi connectivity index (χ0) is 15.5.